The number of rotatable bonds is 3. The summed E-state index contributed by atoms with van der Waals surface area (Å²) in [6, 6.07) is 4.96. The Labute approximate surface area is 99.6 Å². The van der Waals surface area contributed by atoms with Crippen molar-refractivity contribution in [3.63, 3.8) is 0 Å². The van der Waals surface area contributed by atoms with Crippen LogP contribution in [0.3, 0.4) is 0 Å². The first-order chi connectivity index (χ1) is 8.24. The minimum Gasteiger partial charge on any atom is -0.505 e. The Morgan fingerprint density at radius 1 is 1.41 bits per heavy atom. The quantitative estimate of drug-likeness (QED) is 0.844. The lowest BCUT2D eigenvalue weighted by atomic mass is 9.95. The van der Waals surface area contributed by atoms with E-state index < -0.39 is 5.82 Å². The zero-order valence-corrected chi connectivity index (χ0v) is 9.53. The number of aromatic hydroxyl groups is 1. The SMILES string of the molecule is Oc1c(F)cccc1CNC1CC2CCC1O2. The highest BCUT2D eigenvalue weighted by atomic mass is 19.1. The molecule has 2 fully saturated rings. The van der Waals surface area contributed by atoms with E-state index in [-0.39, 0.29) is 5.75 Å². The molecule has 1 aromatic rings. The number of ether oxygens (including phenoxy) is 1. The van der Waals surface area contributed by atoms with E-state index in [1.54, 1.807) is 12.1 Å². The van der Waals surface area contributed by atoms with Crippen molar-refractivity contribution in [1.29, 1.82) is 0 Å². The monoisotopic (exact) mass is 237 g/mol. The first kappa shape index (κ1) is 11.0. The fourth-order valence-electron chi connectivity index (χ4n) is 2.80. The van der Waals surface area contributed by atoms with E-state index in [4.69, 9.17) is 4.74 Å². The molecule has 2 aliphatic rings. The molecule has 4 heteroatoms. The van der Waals surface area contributed by atoms with Gasteiger partial charge in [-0.25, -0.2) is 4.39 Å². The predicted molar refractivity (Wildman–Crippen MR) is 61.2 cm³/mol. The summed E-state index contributed by atoms with van der Waals surface area (Å²) >= 11 is 0. The number of nitrogens with one attached hydrogen (secondary N) is 1. The summed E-state index contributed by atoms with van der Waals surface area (Å²) in [4.78, 5) is 0. The zero-order chi connectivity index (χ0) is 11.8. The van der Waals surface area contributed by atoms with E-state index in [1.807, 2.05) is 0 Å². The van der Waals surface area contributed by atoms with Crippen LogP contribution in [0.25, 0.3) is 0 Å². The largest absolute Gasteiger partial charge is 0.505 e. The summed E-state index contributed by atoms with van der Waals surface area (Å²) in [6.45, 7) is 0.487. The maximum absolute atomic E-state index is 13.1. The van der Waals surface area contributed by atoms with Crippen molar-refractivity contribution in [2.75, 3.05) is 0 Å². The average Bonchev–Trinajstić information content (AvgIpc) is 2.93. The second-order valence-electron chi connectivity index (χ2n) is 4.84. The molecule has 0 saturated carbocycles. The van der Waals surface area contributed by atoms with Crippen LogP contribution in [-0.2, 0) is 11.3 Å². The summed E-state index contributed by atoms with van der Waals surface area (Å²) < 4.78 is 18.9. The molecular formula is C13H16FNO2. The van der Waals surface area contributed by atoms with E-state index in [9.17, 15) is 9.50 Å². The summed E-state index contributed by atoms with van der Waals surface area (Å²) in [5.41, 5.74) is 0.604. The first-order valence-corrected chi connectivity index (χ1v) is 6.09. The molecular weight excluding hydrogens is 221 g/mol. The molecule has 0 aliphatic carbocycles. The molecule has 3 nitrogen and oxygen atoms in total. The summed E-state index contributed by atoms with van der Waals surface area (Å²) in [6.07, 6.45) is 4.00. The minimum absolute atomic E-state index is 0.246. The molecule has 0 radical (unpaired) electrons. The number of phenolic OH excluding ortho intramolecular Hbond substituents is 1. The van der Waals surface area contributed by atoms with Gasteiger partial charge in [0.1, 0.15) is 0 Å². The Morgan fingerprint density at radius 3 is 3.00 bits per heavy atom. The molecule has 2 heterocycles. The highest BCUT2D eigenvalue weighted by molar-refractivity contribution is 5.33. The summed E-state index contributed by atoms with van der Waals surface area (Å²) in [5.74, 6) is -0.808. The van der Waals surface area contributed by atoms with Gasteiger partial charge in [-0.05, 0) is 25.3 Å². The highest BCUT2D eigenvalue weighted by Crippen LogP contribution is 2.34. The van der Waals surface area contributed by atoms with Crippen molar-refractivity contribution in [1.82, 2.24) is 5.32 Å². The third-order valence-corrected chi connectivity index (χ3v) is 3.73. The minimum atomic E-state index is -0.562. The zero-order valence-electron chi connectivity index (χ0n) is 9.53. The standard InChI is InChI=1S/C13H16FNO2/c14-10-3-1-2-8(13(10)16)7-15-11-6-9-4-5-12(11)17-9/h1-3,9,11-12,15-16H,4-7H2. The Balaban J connectivity index is 1.62. The van der Waals surface area contributed by atoms with Crippen molar-refractivity contribution < 1.29 is 14.2 Å². The molecule has 0 spiro atoms. The lowest BCUT2D eigenvalue weighted by Crippen LogP contribution is -2.37. The van der Waals surface area contributed by atoms with Crippen LogP contribution >= 0.6 is 0 Å². The van der Waals surface area contributed by atoms with E-state index in [0.717, 1.165) is 19.3 Å². The highest BCUT2D eigenvalue weighted by Gasteiger charge is 2.40. The second kappa shape index (κ2) is 4.27. The van der Waals surface area contributed by atoms with Gasteiger partial charge < -0.3 is 15.2 Å². The van der Waals surface area contributed by atoms with Crippen LogP contribution in [0.5, 0.6) is 5.75 Å². The van der Waals surface area contributed by atoms with Crippen LogP contribution in [0.2, 0.25) is 0 Å². The lowest BCUT2D eigenvalue weighted by molar-refractivity contribution is 0.0972. The van der Waals surface area contributed by atoms with Gasteiger partial charge in [-0.1, -0.05) is 12.1 Å². The molecule has 3 rings (SSSR count). The number of phenols is 1. The molecule has 2 aliphatic heterocycles. The Bertz CT molecular complexity index is 424. The number of para-hydroxylation sites is 1. The molecule has 92 valence electrons. The molecule has 0 aromatic heterocycles. The van der Waals surface area contributed by atoms with Crippen molar-refractivity contribution in [3.8, 4) is 5.75 Å². The van der Waals surface area contributed by atoms with Crippen molar-refractivity contribution in [3.05, 3.63) is 29.6 Å². The van der Waals surface area contributed by atoms with Crippen molar-refractivity contribution in [2.24, 2.45) is 0 Å². The number of benzene rings is 1. The Kier molecular flexibility index (Phi) is 2.76. The van der Waals surface area contributed by atoms with Crippen LogP contribution in [0.4, 0.5) is 4.39 Å². The van der Waals surface area contributed by atoms with Gasteiger partial charge in [0, 0.05) is 18.2 Å². The molecule has 17 heavy (non-hydrogen) atoms. The molecule has 2 N–H and O–H groups in total. The van der Waals surface area contributed by atoms with E-state index in [1.165, 1.54) is 6.07 Å². The fraction of sp³-hybridized carbons (Fsp3) is 0.538. The molecule has 3 atom stereocenters. The topological polar surface area (TPSA) is 41.5 Å². The van der Waals surface area contributed by atoms with Gasteiger partial charge in [0.15, 0.2) is 11.6 Å². The smallest absolute Gasteiger partial charge is 0.165 e. The molecule has 2 saturated heterocycles. The van der Waals surface area contributed by atoms with Gasteiger partial charge >= 0.3 is 0 Å². The molecule has 2 bridgehead atoms. The van der Waals surface area contributed by atoms with Gasteiger partial charge in [0.05, 0.1) is 12.2 Å². The first-order valence-electron chi connectivity index (χ1n) is 6.09. The number of halogens is 1. The van der Waals surface area contributed by atoms with Gasteiger partial charge in [-0.3, -0.25) is 0 Å². The van der Waals surface area contributed by atoms with E-state index >= 15 is 0 Å². The van der Waals surface area contributed by atoms with Crippen molar-refractivity contribution in [2.45, 2.75) is 44.1 Å². The van der Waals surface area contributed by atoms with Crippen LogP contribution in [-0.4, -0.2) is 23.4 Å². The van der Waals surface area contributed by atoms with Gasteiger partial charge in [-0.2, -0.15) is 0 Å². The third kappa shape index (κ3) is 2.03. The molecule has 0 amide bonds. The molecule has 3 unspecified atom stereocenters. The number of hydrogen-bond acceptors (Lipinski definition) is 3. The average molecular weight is 237 g/mol. The van der Waals surface area contributed by atoms with E-state index in [2.05, 4.69) is 5.32 Å². The Hall–Kier alpha value is -1.13. The second-order valence-corrected chi connectivity index (χ2v) is 4.84. The predicted octanol–water partition coefficient (Wildman–Crippen LogP) is 1.94. The summed E-state index contributed by atoms with van der Waals surface area (Å²) in [5, 5.41) is 12.9. The van der Waals surface area contributed by atoms with Crippen LogP contribution in [0.15, 0.2) is 18.2 Å². The number of hydrogen-bond donors (Lipinski definition) is 2. The van der Waals surface area contributed by atoms with Crippen molar-refractivity contribution >= 4 is 0 Å². The fourth-order valence-corrected chi connectivity index (χ4v) is 2.80. The van der Waals surface area contributed by atoms with Gasteiger partial charge in [-0.15, -0.1) is 0 Å². The Morgan fingerprint density at radius 2 is 2.29 bits per heavy atom. The van der Waals surface area contributed by atoms with Crippen LogP contribution in [0.1, 0.15) is 24.8 Å². The lowest BCUT2D eigenvalue weighted by Gasteiger charge is -2.20. The summed E-state index contributed by atoms with van der Waals surface area (Å²) in [7, 11) is 0. The maximum Gasteiger partial charge on any atom is 0.165 e. The number of fused-ring (bicyclic) bond motifs is 2. The third-order valence-electron chi connectivity index (χ3n) is 3.73. The van der Waals surface area contributed by atoms with Crippen LogP contribution in [0, 0.1) is 5.82 Å². The van der Waals surface area contributed by atoms with E-state index in [0.29, 0.717) is 30.4 Å². The maximum atomic E-state index is 13.1. The van der Waals surface area contributed by atoms with Crippen LogP contribution < -0.4 is 5.32 Å². The normalized spacial score (nSPS) is 31.0. The van der Waals surface area contributed by atoms with Gasteiger partial charge in [0.25, 0.3) is 0 Å². The molecule has 1 aromatic carbocycles. The van der Waals surface area contributed by atoms with Gasteiger partial charge in [0.2, 0.25) is 0 Å².